The lowest BCUT2D eigenvalue weighted by Gasteiger charge is -2.11. The largest absolute Gasteiger partial charge is 0.454 e. The summed E-state index contributed by atoms with van der Waals surface area (Å²) in [6.45, 7) is 2.69. The highest BCUT2D eigenvalue weighted by molar-refractivity contribution is 6.18. The summed E-state index contributed by atoms with van der Waals surface area (Å²) in [4.78, 5) is 23.7. The molecule has 0 saturated carbocycles. The number of nitrogens with one attached hydrogen (secondary N) is 2. The molecule has 0 aliphatic rings. The van der Waals surface area contributed by atoms with Crippen LogP contribution in [0.2, 0.25) is 0 Å². The predicted octanol–water partition coefficient (Wildman–Crippen LogP) is 1.51. The Kier molecular flexibility index (Phi) is 6.37. The number of hydrogen-bond acceptors (Lipinski definition) is 6. The highest BCUT2D eigenvalue weighted by atomic mass is 19.1. The van der Waals surface area contributed by atoms with Crippen LogP contribution in [0, 0.1) is 17.0 Å². The van der Waals surface area contributed by atoms with Gasteiger partial charge in [0.1, 0.15) is 23.0 Å². The van der Waals surface area contributed by atoms with Crippen molar-refractivity contribution < 1.29 is 23.1 Å². The van der Waals surface area contributed by atoms with Gasteiger partial charge in [0.2, 0.25) is 5.78 Å². The molecular formula is C15H17F2N3O3. The SMILES string of the molecule is CCN/C(N)=C(\C(C)=N)C(=O)OCC(=O)c1cc(F)ccc1F. The molecule has 0 spiro atoms. The van der Waals surface area contributed by atoms with Crippen molar-refractivity contribution >= 4 is 17.5 Å². The predicted molar refractivity (Wildman–Crippen MR) is 79.9 cm³/mol. The average Bonchev–Trinajstić information content (AvgIpc) is 2.47. The second-order valence-electron chi connectivity index (χ2n) is 4.57. The summed E-state index contributed by atoms with van der Waals surface area (Å²) in [5, 5.41) is 10.2. The van der Waals surface area contributed by atoms with Crippen LogP contribution < -0.4 is 11.1 Å². The topological polar surface area (TPSA) is 105 Å². The molecule has 1 aromatic rings. The van der Waals surface area contributed by atoms with E-state index in [2.05, 4.69) is 5.32 Å². The molecule has 8 heteroatoms. The van der Waals surface area contributed by atoms with Crippen LogP contribution in [0.3, 0.4) is 0 Å². The second kappa shape index (κ2) is 8.02. The number of ether oxygens (including phenoxy) is 1. The van der Waals surface area contributed by atoms with Gasteiger partial charge in [-0.05, 0) is 32.0 Å². The standard InChI is InChI=1S/C15H17F2N3O3/c1-3-20-14(19)13(8(2)18)15(22)23-7-12(21)10-6-9(16)4-5-11(10)17/h4-6,18,20H,3,7,19H2,1-2H3/b14-13+,18-8?. The first-order valence-corrected chi connectivity index (χ1v) is 6.72. The van der Waals surface area contributed by atoms with Crippen LogP contribution in [-0.2, 0) is 9.53 Å². The number of carbonyl (C=O) groups excluding carboxylic acids is 2. The zero-order valence-corrected chi connectivity index (χ0v) is 12.7. The number of benzene rings is 1. The summed E-state index contributed by atoms with van der Waals surface area (Å²) < 4.78 is 31.3. The molecule has 1 rings (SSSR count). The van der Waals surface area contributed by atoms with Crippen LogP contribution in [0.15, 0.2) is 29.6 Å². The summed E-state index contributed by atoms with van der Waals surface area (Å²) in [6.07, 6.45) is 0. The molecule has 0 aliphatic carbocycles. The maximum absolute atomic E-state index is 13.5. The van der Waals surface area contributed by atoms with Gasteiger partial charge in [0.15, 0.2) is 6.61 Å². The zero-order chi connectivity index (χ0) is 17.6. The van der Waals surface area contributed by atoms with Gasteiger partial charge in [-0.2, -0.15) is 0 Å². The van der Waals surface area contributed by atoms with Crippen LogP contribution in [0.5, 0.6) is 0 Å². The smallest absolute Gasteiger partial charge is 0.344 e. The van der Waals surface area contributed by atoms with Gasteiger partial charge in [-0.25, -0.2) is 13.6 Å². The van der Waals surface area contributed by atoms with Crippen molar-refractivity contribution in [2.45, 2.75) is 13.8 Å². The van der Waals surface area contributed by atoms with E-state index in [0.29, 0.717) is 6.54 Å². The molecule has 0 atom stereocenters. The van der Waals surface area contributed by atoms with Gasteiger partial charge >= 0.3 is 5.97 Å². The summed E-state index contributed by atoms with van der Waals surface area (Å²) >= 11 is 0. The Bertz CT molecular complexity index is 672. The third-order valence-corrected chi connectivity index (χ3v) is 2.78. The van der Waals surface area contributed by atoms with E-state index in [-0.39, 0.29) is 17.1 Å². The molecule has 124 valence electrons. The van der Waals surface area contributed by atoms with E-state index >= 15 is 0 Å². The van der Waals surface area contributed by atoms with Gasteiger partial charge in [0.05, 0.1) is 5.56 Å². The lowest BCUT2D eigenvalue weighted by molar-refractivity contribution is -0.137. The molecule has 6 nitrogen and oxygen atoms in total. The molecule has 0 fully saturated rings. The van der Waals surface area contributed by atoms with E-state index in [0.717, 1.165) is 18.2 Å². The van der Waals surface area contributed by atoms with Crippen LogP contribution in [-0.4, -0.2) is 30.6 Å². The Morgan fingerprint density at radius 2 is 2.00 bits per heavy atom. The molecule has 0 amide bonds. The minimum atomic E-state index is -0.999. The molecule has 1 aromatic carbocycles. The Balaban J connectivity index is 2.85. The van der Waals surface area contributed by atoms with Crippen molar-refractivity contribution in [2.24, 2.45) is 5.73 Å². The van der Waals surface area contributed by atoms with E-state index < -0.39 is 35.6 Å². The first-order valence-electron chi connectivity index (χ1n) is 6.72. The Morgan fingerprint density at radius 3 is 2.57 bits per heavy atom. The van der Waals surface area contributed by atoms with Crippen molar-refractivity contribution in [2.75, 3.05) is 13.2 Å². The fourth-order valence-electron chi connectivity index (χ4n) is 1.74. The lowest BCUT2D eigenvalue weighted by atomic mass is 10.1. The molecule has 0 aliphatic heterocycles. The zero-order valence-electron chi connectivity index (χ0n) is 12.7. The Morgan fingerprint density at radius 1 is 1.35 bits per heavy atom. The number of nitrogens with two attached hydrogens (primary N) is 1. The number of hydrogen-bond donors (Lipinski definition) is 3. The number of Topliss-reactive ketones (excluding diaryl/α,β-unsaturated/α-hetero) is 1. The van der Waals surface area contributed by atoms with Crippen molar-refractivity contribution in [1.82, 2.24) is 5.32 Å². The molecule has 4 N–H and O–H groups in total. The van der Waals surface area contributed by atoms with Crippen molar-refractivity contribution in [3.8, 4) is 0 Å². The van der Waals surface area contributed by atoms with E-state index in [4.69, 9.17) is 15.9 Å². The molecule has 23 heavy (non-hydrogen) atoms. The molecule has 0 unspecified atom stereocenters. The Hall–Kier alpha value is -2.77. The van der Waals surface area contributed by atoms with Crippen LogP contribution >= 0.6 is 0 Å². The summed E-state index contributed by atoms with van der Waals surface area (Å²) in [5.74, 6) is -3.66. The van der Waals surface area contributed by atoms with Crippen LogP contribution in [0.4, 0.5) is 8.78 Å². The minimum absolute atomic E-state index is 0.0608. The van der Waals surface area contributed by atoms with E-state index in [1.54, 1.807) is 6.92 Å². The van der Waals surface area contributed by atoms with Crippen molar-refractivity contribution in [1.29, 1.82) is 5.41 Å². The fraction of sp³-hybridized carbons (Fsp3) is 0.267. The Labute approximate surface area is 131 Å². The quantitative estimate of drug-likeness (QED) is 0.305. The number of halogens is 2. The highest BCUT2D eigenvalue weighted by Gasteiger charge is 2.20. The minimum Gasteiger partial charge on any atom is -0.454 e. The molecule has 0 aromatic heterocycles. The van der Waals surface area contributed by atoms with E-state index in [1.165, 1.54) is 6.92 Å². The number of esters is 1. The van der Waals surface area contributed by atoms with Crippen molar-refractivity contribution in [3.05, 3.63) is 46.8 Å². The molecule has 0 radical (unpaired) electrons. The first-order chi connectivity index (χ1) is 10.8. The summed E-state index contributed by atoms with van der Waals surface area (Å²) in [6, 6.07) is 2.40. The molecule has 0 bridgehead atoms. The first kappa shape index (κ1) is 18.3. The second-order valence-corrected chi connectivity index (χ2v) is 4.57. The van der Waals surface area contributed by atoms with Gasteiger partial charge in [-0.3, -0.25) is 4.79 Å². The van der Waals surface area contributed by atoms with Crippen LogP contribution in [0.25, 0.3) is 0 Å². The van der Waals surface area contributed by atoms with Gasteiger partial charge in [0, 0.05) is 12.3 Å². The average molecular weight is 325 g/mol. The van der Waals surface area contributed by atoms with E-state index in [1.807, 2.05) is 0 Å². The summed E-state index contributed by atoms with van der Waals surface area (Å²) in [7, 11) is 0. The van der Waals surface area contributed by atoms with Gasteiger partial charge < -0.3 is 21.2 Å². The number of carbonyl (C=O) groups is 2. The highest BCUT2D eigenvalue weighted by Crippen LogP contribution is 2.11. The third kappa shape index (κ3) is 4.87. The monoisotopic (exact) mass is 325 g/mol. The normalized spacial score (nSPS) is 11.5. The number of rotatable bonds is 7. The van der Waals surface area contributed by atoms with Crippen LogP contribution in [0.1, 0.15) is 24.2 Å². The van der Waals surface area contributed by atoms with Gasteiger partial charge in [0.25, 0.3) is 0 Å². The lowest BCUT2D eigenvalue weighted by Crippen LogP contribution is -2.29. The molecule has 0 saturated heterocycles. The third-order valence-electron chi connectivity index (χ3n) is 2.78. The van der Waals surface area contributed by atoms with Crippen molar-refractivity contribution in [3.63, 3.8) is 0 Å². The molecular weight excluding hydrogens is 308 g/mol. The maximum atomic E-state index is 13.5. The fourth-order valence-corrected chi connectivity index (χ4v) is 1.74. The summed E-state index contributed by atoms with van der Waals surface area (Å²) in [5.41, 5.74) is 4.73. The van der Waals surface area contributed by atoms with E-state index in [9.17, 15) is 18.4 Å². The van der Waals surface area contributed by atoms with Gasteiger partial charge in [-0.1, -0.05) is 0 Å². The molecule has 0 heterocycles. The number of ketones is 1. The maximum Gasteiger partial charge on any atom is 0.344 e. The van der Waals surface area contributed by atoms with Gasteiger partial charge in [-0.15, -0.1) is 0 Å².